The van der Waals surface area contributed by atoms with Crippen LogP contribution in [0.3, 0.4) is 0 Å². The Hall–Kier alpha value is -0.290. The number of rotatable bonds is 7. The standard InChI is InChI=1S/C14H21IO2/c1-4-5-6-16-7-8-17-14-10-11(2)13(15)9-12(14)3/h9-10H,4-8H2,1-3H3. The summed E-state index contributed by atoms with van der Waals surface area (Å²) in [6, 6.07) is 4.26. The quantitative estimate of drug-likeness (QED) is 0.546. The molecule has 0 heterocycles. The predicted octanol–water partition coefficient (Wildman–Crippen LogP) is 4.10. The van der Waals surface area contributed by atoms with Crippen LogP contribution in [-0.2, 0) is 4.74 Å². The van der Waals surface area contributed by atoms with Crippen LogP contribution in [0.2, 0.25) is 0 Å². The highest BCUT2D eigenvalue weighted by molar-refractivity contribution is 14.1. The zero-order chi connectivity index (χ0) is 12.7. The molecule has 1 rings (SSSR count). The van der Waals surface area contributed by atoms with Crippen LogP contribution < -0.4 is 4.74 Å². The zero-order valence-corrected chi connectivity index (χ0v) is 13.0. The first-order chi connectivity index (χ1) is 8.15. The minimum atomic E-state index is 0.630. The van der Waals surface area contributed by atoms with Crippen LogP contribution >= 0.6 is 22.6 Å². The maximum absolute atomic E-state index is 5.72. The van der Waals surface area contributed by atoms with E-state index in [1.165, 1.54) is 21.1 Å². The Morgan fingerprint density at radius 1 is 1.06 bits per heavy atom. The minimum absolute atomic E-state index is 0.630. The molecule has 0 saturated carbocycles. The molecular formula is C14H21IO2. The lowest BCUT2D eigenvalue weighted by atomic mass is 10.1. The van der Waals surface area contributed by atoms with E-state index >= 15 is 0 Å². The Labute approximate surface area is 118 Å². The summed E-state index contributed by atoms with van der Waals surface area (Å²) < 4.78 is 12.5. The Morgan fingerprint density at radius 2 is 1.82 bits per heavy atom. The van der Waals surface area contributed by atoms with E-state index < -0.39 is 0 Å². The summed E-state index contributed by atoms with van der Waals surface area (Å²) in [5.41, 5.74) is 2.45. The van der Waals surface area contributed by atoms with Crippen LogP contribution in [0.15, 0.2) is 12.1 Å². The highest BCUT2D eigenvalue weighted by atomic mass is 127. The molecule has 0 unspecified atom stereocenters. The molecule has 1 aromatic rings. The Balaban J connectivity index is 2.34. The fraction of sp³-hybridized carbons (Fsp3) is 0.571. The summed E-state index contributed by atoms with van der Waals surface area (Å²) in [7, 11) is 0. The molecule has 0 fully saturated rings. The van der Waals surface area contributed by atoms with Gasteiger partial charge in [0.25, 0.3) is 0 Å². The maximum Gasteiger partial charge on any atom is 0.122 e. The maximum atomic E-state index is 5.72. The van der Waals surface area contributed by atoms with Gasteiger partial charge in [-0.2, -0.15) is 0 Å². The van der Waals surface area contributed by atoms with Crippen molar-refractivity contribution in [3.63, 3.8) is 0 Å². The first-order valence-electron chi connectivity index (χ1n) is 6.12. The fourth-order valence-electron chi connectivity index (χ4n) is 1.47. The molecule has 1 aromatic carbocycles. The largest absolute Gasteiger partial charge is 0.491 e. The summed E-state index contributed by atoms with van der Waals surface area (Å²) >= 11 is 2.35. The first-order valence-corrected chi connectivity index (χ1v) is 7.20. The lowest BCUT2D eigenvalue weighted by molar-refractivity contribution is 0.0978. The van der Waals surface area contributed by atoms with Crippen molar-refractivity contribution in [3.8, 4) is 5.75 Å². The van der Waals surface area contributed by atoms with Crippen molar-refractivity contribution < 1.29 is 9.47 Å². The highest BCUT2D eigenvalue weighted by Gasteiger charge is 2.03. The predicted molar refractivity (Wildman–Crippen MR) is 79.9 cm³/mol. The average molecular weight is 348 g/mol. The molecule has 0 bridgehead atoms. The molecule has 0 saturated heterocycles. The summed E-state index contributed by atoms with van der Waals surface area (Å²) in [4.78, 5) is 0. The zero-order valence-electron chi connectivity index (χ0n) is 10.9. The molecule has 0 atom stereocenters. The molecule has 2 nitrogen and oxygen atoms in total. The lowest BCUT2D eigenvalue weighted by Gasteiger charge is -2.11. The van der Waals surface area contributed by atoms with E-state index in [4.69, 9.17) is 9.47 Å². The fourth-order valence-corrected chi connectivity index (χ4v) is 2.09. The van der Waals surface area contributed by atoms with Crippen molar-refractivity contribution in [3.05, 3.63) is 26.8 Å². The van der Waals surface area contributed by atoms with Gasteiger partial charge in [-0.3, -0.25) is 0 Å². The molecule has 17 heavy (non-hydrogen) atoms. The van der Waals surface area contributed by atoms with Crippen molar-refractivity contribution in [2.45, 2.75) is 33.6 Å². The van der Waals surface area contributed by atoms with Crippen LogP contribution in [-0.4, -0.2) is 19.8 Å². The van der Waals surface area contributed by atoms with Gasteiger partial charge < -0.3 is 9.47 Å². The third-order valence-corrected chi connectivity index (χ3v) is 3.75. The van der Waals surface area contributed by atoms with E-state index in [-0.39, 0.29) is 0 Å². The summed E-state index contributed by atoms with van der Waals surface area (Å²) in [5.74, 6) is 0.974. The van der Waals surface area contributed by atoms with Gasteiger partial charge in [0.15, 0.2) is 0 Å². The second kappa shape index (κ2) is 7.93. The molecule has 0 radical (unpaired) electrons. The molecule has 96 valence electrons. The third-order valence-electron chi connectivity index (χ3n) is 2.58. The third kappa shape index (κ3) is 5.25. The van der Waals surface area contributed by atoms with Crippen LogP contribution in [0.25, 0.3) is 0 Å². The number of unbranched alkanes of at least 4 members (excludes halogenated alkanes) is 1. The van der Waals surface area contributed by atoms with Crippen LogP contribution in [0.4, 0.5) is 0 Å². The van der Waals surface area contributed by atoms with E-state index in [0.717, 1.165) is 18.8 Å². The lowest BCUT2D eigenvalue weighted by Crippen LogP contribution is -2.08. The number of hydrogen-bond acceptors (Lipinski definition) is 2. The number of halogens is 1. The van der Waals surface area contributed by atoms with Gasteiger partial charge >= 0.3 is 0 Å². The van der Waals surface area contributed by atoms with Gasteiger partial charge in [0.1, 0.15) is 12.4 Å². The van der Waals surface area contributed by atoms with Gasteiger partial charge in [-0.25, -0.2) is 0 Å². The molecule has 3 heteroatoms. The van der Waals surface area contributed by atoms with E-state index in [9.17, 15) is 0 Å². The van der Waals surface area contributed by atoms with Crippen molar-refractivity contribution in [1.82, 2.24) is 0 Å². The Morgan fingerprint density at radius 3 is 2.53 bits per heavy atom. The van der Waals surface area contributed by atoms with E-state index in [2.05, 4.69) is 55.5 Å². The summed E-state index contributed by atoms with van der Waals surface area (Å²) in [6.45, 7) is 8.48. The highest BCUT2D eigenvalue weighted by Crippen LogP contribution is 2.23. The van der Waals surface area contributed by atoms with Crippen LogP contribution in [0.5, 0.6) is 5.75 Å². The number of benzene rings is 1. The second-order valence-electron chi connectivity index (χ2n) is 4.18. The molecular weight excluding hydrogens is 327 g/mol. The first kappa shape index (κ1) is 14.8. The second-order valence-corrected chi connectivity index (χ2v) is 5.34. The van der Waals surface area contributed by atoms with Gasteiger partial charge in [0.2, 0.25) is 0 Å². The molecule has 0 aliphatic carbocycles. The monoisotopic (exact) mass is 348 g/mol. The Bertz CT molecular complexity index is 350. The SMILES string of the molecule is CCCCOCCOc1cc(C)c(I)cc1C. The van der Waals surface area contributed by atoms with E-state index in [1.807, 2.05) is 0 Å². The normalized spacial score (nSPS) is 10.6. The number of ether oxygens (including phenoxy) is 2. The summed E-state index contributed by atoms with van der Waals surface area (Å²) in [5, 5.41) is 0. The summed E-state index contributed by atoms with van der Waals surface area (Å²) in [6.07, 6.45) is 2.30. The van der Waals surface area contributed by atoms with E-state index in [0.29, 0.717) is 13.2 Å². The number of aryl methyl sites for hydroxylation is 2. The molecule has 0 N–H and O–H groups in total. The van der Waals surface area contributed by atoms with E-state index in [1.54, 1.807) is 0 Å². The molecule has 0 aliphatic heterocycles. The minimum Gasteiger partial charge on any atom is -0.491 e. The van der Waals surface area contributed by atoms with Gasteiger partial charge in [-0.1, -0.05) is 13.3 Å². The Kier molecular flexibility index (Phi) is 6.89. The number of hydrogen-bond donors (Lipinski definition) is 0. The molecule has 0 spiro atoms. The molecule has 0 aromatic heterocycles. The van der Waals surface area contributed by atoms with Crippen LogP contribution in [0.1, 0.15) is 30.9 Å². The molecule has 0 amide bonds. The van der Waals surface area contributed by atoms with Crippen molar-refractivity contribution >= 4 is 22.6 Å². The smallest absolute Gasteiger partial charge is 0.122 e. The topological polar surface area (TPSA) is 18.5 Å². The van der Waals surface area contributed by atoms with Crippen LogP contribution in [0, 0.1) is 17.4 Å². The van der Waals surface area contributed by atoms with Gasteiger partial charge in [-0.05, 0) is 66.1 Å². The van der Waals surface area contributed by atoms with Gasteiger partial charge in [0, 0.05) is 10.2 Å². The van der Waals surface area contributed by atoms with Gasteiger partial charge in [0.05, 0.1) is 6.61 Å². The average Bonchev–Trinajstić information content (AvgIpc) is 2.30. The van der Waals surface area contributed by atoms with Crippen molar-refractivity contribution in [1.29, 1.82) is 0 Å². The molecule has 0 aliphatic rings. The van der Waals surface area contributed by atoms with Gasteiger partial charge in [-0.15, -0.1) is 0 Å². The van der Waals surface area contributed by atoms with Crippen molar-refractivity contribution in [2.24, 2.45) is 0 Å². The van der Waals surface area contributed by atoms with Crippen molar-refractivity contribution in [2.75, 3.05) is 19.8 Å².